The molecule has 2 heterocycles. The molecule has 2 fully saturated rings. The number of benzene rings is 1. The van der Waals surface area contributed by atoms with E-state index in [2.05, 4.69) is 47.7 Å². The van der Waals surface area contributed by atoms with Gasteiger partial charge in [0.05, 0.1) is 12.2 Å². The van der Waals surface area contributed by atoms with Gasteiger partial charge in [0.15, 0.2) is 5.69 Å². The molecule has 7 heteroatoms. The van der Waals surface area contributed by atoms with E-state index >= 15 is 0 Å². The van der Waals surface area contributed by atoms with Crippen LogP contribution in [0.25, 0.3) is 0 Å². The number of aromatic nitrogens is 3. The Balaban J connectivity index is 0.00000210. The fraction of sp³-hybridized carbons (Fsp3) is 0.550. The minimum Gasteiger partial charge on any atom is -0.330 e. The fourth-order valence-corrected chi connectivity index (χ4v) is 3.62. The van der Waals surface area contributed by atoms with E-state index in [-0.39, 0.29) is 18.3 Å². The van der Waals surface area contributed by atoms with Gasteiger partial charge in [0.25, 0.3) is 5.91 Å². The van der Waals surface area contributed by atoms with Gasteiger partial charge >= 0.3 is 0 Å². The molecule has 1 aliphatic heterocycles. The predicted molar refractivity (Wildman–Crippen MR) is 107 cm³/mol. The topological polar surface area (TPSA) is 63.1 Å². The van der Waals surface area contributed by atoms with E-state index < -0.39 is 0 Å². The summed E-state index contributed by atoms with van der Waals surface area (Å²) in [6.45, 7) is 6.86. The molecular formula is C20H28ClN5O. The van der Waals surface area contributed by atoms with Crippen LogP contribution >= 0.6 is 12.4 Å². The molecule has 6 nitrogen and oxygen atoms in total. The number of nitrogens with zero attached hydrogens (tertiary/aromatic N) is 4. The van der Waals surface area contributed by atoms with Crippen molar-refractivity contribution in [1.82, 2.24) is 25.2 Å². The summed E-state index contributed by atoms with van der Waals surface area (Å²) in [5.41, 5.74) is 4.20. The standard InChI is InChI=1S/C20H27N5O.ClH/c1-14-3-4-16(11-15(14)2)12-24(17-5-6-17)20(26)19-13-25(23-22-19)18-7-9-21-10-8-18;/h3-4,11,13,17-18,21H,5-10,12H2,1-2H3;1H. The molecule has 1 saturated carbocycles. The van der Waals surface area contributed by atoms with Crippen LogP contribution in [-0.2, 0) is 6.54 Å². The first-order valence-electron chi connectivity index (χ1n) is 9.61. The third-order valence-corrected chi connectivity index (χ3v) is 5.58. The highest BCUT2D eigenvalue weighted by atomic mass is 35.5. The van der Waals surface area contributed by atoms with Crippen molar-refractivity contribution in [3.8, 4) is 0 Å². The molecule has 146 valence electrons. The highest BCUT2D eigenvalue weighted by Crippen LogP contribution is 2.30. The van der Waals surface area contributed by atoms with Crippen molar-refractivity contribution in [2.45, 2.75) is 58.2 Å². The fourth-order valence-electron chi connectivity index (χ4n) is 3.62. The molecule has 1 saturated heterocycles. The largest absolute Gasteiger partial charge is 0.330 e. The molecule has 1 N–H and O–H groups in total. The van der Waals surface area contributed by atoms with Crippen LogP contribution in [0.5, 0.6) is 0 Å². The van der Waals surface area contributed by atoms with Crippen molar-refractivity contribution in [2.24, 2.45) is 0 Å². The second-order valence-corrected chi connectivity index (χ2v) is 7.65. The van der Waals surface area contributed by atoms with Gasteiger partial charge in [-0.25, -0.2) is 4.68 Å². The summed E-state index contributed by atoms with van der Waals surface area (Å²) < 4.78 is 1.88. The van der Waals surface area contributed by atoms with Crippen molar-refractivity contribution in [3.63, 3.8) is 0 Å². The first-order valence-corrected chi connectivity index (χ1v) is 9.61. The van der Waals surface area contributed by atoms with Crippen LogP contribution in [0, 0.1) is 13.8 Å². The minimum atomic E-state index is 0. The van der Waals surface area contributed by atoms with E-state index in [9.17, 15) is 4.79 Å². The number of hydrogen-bond acceptors (Lipinski definition) is 4. The first-order chi connectivity index (χ1) is 12.6. The summed E-state index contributed by atoms with van der Waals surface area (Å²) in [4.78, 5) is 15.0. The van der Waals surface area contributed by atoms with Gasteiger partial charge in [-0.2, -0.15) is 0 Å². The lowest BCUT2D eigenvalue weighted by molar-refractivity contribution is 0.0723. The third kappa shape index (κ3) is 4.50. The average Bonchev–Trinajstić information content (AvgIpc) is 3.38. The Morgan fingerprint density at radius 2 is 1.93 bits per heavy atom. The molecule has 1 aliphatic carbocycles. The maximum Gasteiger partial charge on any atom is 0.276 e. The average molecular weight is 390 g/mol. The van der Waals surface area contributed by atoms with Gasteiger partial charge < -0.3 is 10.2 Å². The van der Waals surface area contributed by atoms with E-state index in [4.69, 9.17) is 0 Å². The summed E-state index contributed by atoms with van der Waals surface area (Å²) in [5, 5.41) is 11.8. The number of carbonyl (C=O) groups excluding carboxylic acids is 1. The lowest BCUT2D eigenvalue weighted by Gasteiger charge is -2.23. The number of aryl methyl sites for hydroxylation is 2. The van der Waals surface area contributed by atoms with Crippen LogP contribution in [0.15, 0.2) is 24.4 Å². The van der Waals surface area contributed by atoms with E-state index in [0.29, 0.717) is 24.3 Å². The first kappa shape index (κ1) is 19.8. The molecular weight excluding hydrogens is 362 g/mol. The Kier molecular flexibility index (Phi) is 6.17. The summed E-state index contributed by atoms with van der Waals surface area (Å²) in [5.74, 6) is 0.00547. The van der Waals surface area contributed by atoms with Crippen LogP contribution in [0.3, 0.4) is 0 Å². The molecule has 0 radical (unpaired) electrons. The molecule has 1 aromatic heterocycles. The molecule has 2 aromatic rings. The minimum absolute atomic E-state index is 0. The van der Waals surface area contributed by atoms with Gasteiger partial charge in [-0.05, 0) is 69.3 Å². The predicted octanol–water partition coefficient (Wildman–Crippen LogP) is 3.05. The van der Waals surface area contributed by atoms with Gasteiger partial charge in [0, 0.05) is 12.6 Å². The van der Waals surface area contributed by atoms with Gasteiger partial charge in [-0.1, -0.05) is 23.4 Å². The van der Waals surface area contributed by atoms with Crippen LogP contribution in [0.4, 0.5) is 0 Å². The lowest BCUT2D eigenvalue weighted by atomic mass is 10.1. The quantitative estimate of drug-likeness (QED) is 0.853. The third-order valence-electron chi connectivity index (χ3n) is 5.58. The number of piperidine rings is 1. The zero-order valence-corrected chi connectivity index (χ0v) is 16.8. The number of halogens is 1. The smallest absolute Gasteiger partial charge is 0.276 e. The second kappa shape index (κ2) is 8.40. The number of amides is 1. The van der Waals surface area contributed by atoms with Crippen molar-refractivity contribution in [2.75, 3.05) is 13.1 Å². The van der Waals surface area contributed by atoms with Crippen molar-refractivity contribution >= 4 is 18.3 Å². The van der Waals surface area contributed by atoms with Gasteiger partial charge in [-0.15, -0.1) is 17.5 Å². The van der Waals surface area contributed by atoms with E-state index in [1.807, 2.05) is 15.8 Å². The normalized spacial score (nSPS) is 17.4. The van der Waals surface area contributed by atoms with Crippen molar-refractivity contribution in [3.05, 3.63) is 46.8 Å². The Morgan fingerprint density at radius 3 is 2.59 bits per heavy atom. The van der Waals surface area contributed by atoms with Crippen LogP contribution in [0.2, 0.25) is 0 Å². The molecule has 27 heavy (non-hydrogen) atoms. The Hall–Kier alpha value is -1.92. The Morgan fingerprint density at radius 1 is 1.19 bits per heavy atom. The van der Waals surface area contributed by atoms with Crippen LogP contribution in [0.1, 0.15) is 58.9 Å². The van der Waals surface area contributed by atoms with Gasteiger partial charge in [-0.3, -0.25) is 4.79 Å². The molecule has 1 aromatic carbocycles. The van der Waals surface area contributed by atoms with Gasteiger partial charge in [0.1, 0.15) is 0 Å². The van der Waals surface area contributed by atoms with Crippen LogP contribution < -0.4 is 5.32 Å². The highest BCUT2D eigenvalue weighted by molar-refractivity contribution is 5.92. The highest BCUT2D eigenvalue weighted by Gasteiger charge is 2.34. The molecule has 0 unspecified atom stereocenters. The summed E-state index contributed by atoms with van der Waals surface area (Å²) in [7, 11) is 0. The molecule has 4 rings (SSSR count). The SMILES string of the molecule is Cc1ccc(CN(C(=O)c2cn(C3CCNCC3)nn2)C2CC2)cc1C.Cl. The number of carbonyl (C=O) groups is 1. The summed E-state index contributed by atoms with van der Waals surface area (Å²) >= 11 is 0. The molecule has 0 bridgehead atoms. The Labute approximate surface area is 166 Å². The summed E-state index contributed by atoms with van der Waals surface area (Å²) in [6, 6.07) is 7.13. The molecule has 1 amide bonds. The maximum atomic E-state index is 13.1. The lowest BCUT2D eigenvalue weighted by Crippen LogP contribution is -2.33. The molecule has 0 atom stereocenters. The monoisotopic (exact) mass is 389 g/mol. The van der Waals surface area contributed by atoms with Gasteiger partial charge in [0.2, 0.25) is 0 Å². The zero-order chi connectivity index (χ0) is 18.1. The van der Waals surface area contributed by atoms with E-state index in [1.165, 1.54) is 16.7 Å². The number of hydrogen-bond donors (Lipinski definition) is 1. The Bertz CT molecular complexity index is 795. The van der Waals surface area contributed by atoms with E-state index in [0.717, 1.165) is 38.8 Å². The van der Waals surface area contributed by atoms with E-state index in [1.54, 1.807) is 0 Å². The number of rotatable bonds is 5. The summed E-state index contributed by atoms with van der Waals surface area (Å²) in [6.07, 6.45) is 6.07. The number of nitrogens with one attached hydrogen (secondary N) is 1. The second-order valence-electron chi connectivity index (χ2n) is 7.65. The molecule has 2 aliphatic rings. The molecule has 0 spiro atoms. The van der Waals surface area contributed by atoms with Crippen LogP contribution in [-0.4, -0.2) is 44.9 Å². The van der Waals surface area contributed by atoms with Crippen molar-refractivity contribution in [1.29, 1.82) is 0 Å². The maximum absolute atomic E-state index is 13.1. The zero-order valence-electron chi connectivity index (χ0n) is 16.0. The van der Waals surface area contributed by atoms with Crippen molar-refractivity contribution < 1.29 is 4.79 Å².